The molecule has 2 atom stereocenters. The third kappa shape index (κ3) is 4.94. The van der Waals surface area contributed by atoms with Gasteiger partial charge in [0.25, 0.3) is 0 Å². The second-order valence-electron chi connectivity index (χ2n) is 4.66. The van der Waals surface area contributed by atoms with E-state index in [0.717, 1.165) is 6.04 Å². The standard InChI is InChI=1S/C11H25N3/c1-10(13-14(2)3)9-11-7-5-4-6-8-12-11/h10-13H,4-9H2,1-3H3. The normalized spacial score (nSPS) is 26.1. The van der Waals surface area contributed by atoms with Crippen LogP contribution in [0.3, 0.4) is 0 Å². The Morgan fingerprint density at radius 1 is 1.36 bits per heavy atom. The first-order chi connectivity index (χ1) is 6.68. The number of hydrazine groups is 1. The average molecular weight is 199 g/mol. The Morgan fingerprint density at radius 2 is 2.14 bits per heavy atom. The average Bonchev–Trinajstić information content (AvgIpc) is 2.31. The first-order valence-corrected chi connectivity index (χ1v) is 5.85. The number of rotatable bonds is 4. The molecule has 1 heterocycles. The minimum absolute atomic E-state index is 0.570. The lowest BCUT2D eigenvalue weighted by Crippen LogP contribution is -2.42. The van der Waals surface area contributed by atoms with Gasteiger partial charge in [0.2, 0.25) is 0 Å². The van der Waals surface area contributed by atoms with Crippen LogP contribution < -0.4 is 10.7 Å². The lowest BCUT2D eigenvalue weighted by atomic mass is 10.0. The molecule has 2 N–H and O–H groups in total. The van der Waals surface area contributed by atoms with Gasteiger partial charge in [0.1, 0.15) is 0 Å². The highest BCUT2D eigenvalue weighted by Crippen LogP contribution is 2.12. The zero-order valence-corrected chi connectivity index (χ0v) is 9.84. The first kappa shape index (κ1) is 12.0. The van der Waals surface area contributed by atoms with Gasteiger partial charge >= 0.3 is 0 Å². The number of nitrogens with one attached hydrogen (secondary N) is 2. The van der Waals surface area contributed by atoms with E-state index in [9.17, 15) is 0 Å². The molecule has 14 heavy (non-hydrogen) atoms. The third-order valence-corrected chi connectivity index (χ3v) is 2.78. The Bertz CT molecular complexity index is 139. The molecule has 1 saturated heterocycles. The van der Waals surface area contributed by atoms with Gasteiger partial charge in [-0.05, 0) is 32.7 Å². The van der Waals surface area contributed by atoms with Gasteiger partial charge in [-0.3, -0.25) is 10.4 Å². The summed E-state index contributed by atoms with van der Waals surface area (Å²) in [5.74, 6) is 0. The summed E-state index contributed by atoms with van der Waals surface area (Å²) in [6, 6.07) is 1.29. The topological polar surface area (TPSA) is 27.3 Å². The molecule has 0 saturated carbocycles. The molecule has 1 rings (SSSR count). The maximum Gasteiger partial charge on any atom is 0.0201 e. The van der Waals surface area contributed by atoms with Crippen molar-refractivity contribution in [1.29, 1.82) is 0 Å². The van der Waals surface area contributed by atoms with Crippen molar-refractivity contribution >= 4 is 0 Å². The van der Waals surface area contributed by atoms with E-state index in [1.54, 1.807) is 0 Å². The van der Waals surface area contributed by atoms with E-state index >= 15 is 0 Å². The van der Waals surface area contributed by atoms with Crippen LogP contribution in [0.15, 0.2) is 0 Å². The lowest BCUT2D eigenvalue weighted by Gasteiger charge is -2.24. The lowest BCUT2D eigenvalue weighted by molar-refractivity contribution is 0.230. The van der Waals surface area contributed by atoms with Gasteiger partial charge in [-0.1, -0.05) is 12.8 Å². The molecule has 3 nitrogen and oxygen atoms in total. The van der Waals surface area contributed by atoms with Crippen molar-refractivity contribution < 1.29 is 0 Å². The summed E-state index contributed by atoms with van der Waals surface area (Å²) < 4.78 is 0. The van der Waals surface area contributed by atoms with Crippen LogP contribution in [0.1, 0.15) is 39.0 Å². The summed E-state index contributed by atoms with van der Waals surface area (Å²) in [5.41, 5.74) is 3.40. The zero-order valence-electron chi connectivity index (χ0n) is 9.84. The van der Waals surface area contributed by atoms with Crippen molar-refractivity contribution in [3.05, 3.63) is 0 Å². The summed E-state index contributed by atoms with van der Waals surface area (Å²) in [4.78, 5) is 0. The summed E-state index contributed by atoms with van der Waals surface area (Å²) in [7, 11) is 4.11. The molecule has 3 heteroatoms. The van der Waals surface area contributed by atoms with Crippen LogP contribution in [0.4, 0.5) is 0 Å². The maximum atomic E-state index is 3.63. The molecule has 0 aromatic carbocycles. The van der Waals surface area contributed by atoms with Crippen molar-refractivity contribution in [3.63, 3.8) is 0 Å². The third-order valence-electron chi connectivity index (χ3n) is 2.78. The Hall–Kier alpha value is -0.120. The maximum absolute atomic E-state index is 3.63. The Balaban J connectivity index is 2.20. The Morgan fingerprint density at radius 3 is 2.86 bits per heavy atom. The van der Waals surface area contributed by atoms with Gasteiger partial charge in [-0.2, -0.15) is 0 Å². The van der Waals surface area contributed by atoms with Gasteiger partial charge in [-0.25, -0.2) is 0 Å². The van der Waals surface area contributed by atoms with Crippen molar-refractivity contribution in [2.24, 2.45) is 0 Å². The molecule has 0 aromatic rings. The second-order valence-corrected chi connectivity index (χ2v) is 4.66. The van der Waals surface area contributed by atoms with Crippen molar-refractivity contribution in [1.82, 2.24) is 15.8 Å². The summed E-state index contributed by atoms with van der Waals surface area (Å²) >= 11 is 0. The zero-order chi connectivity index (χ0) is 10.4. The predicted molar refractivity (Wildman–Crippen MR) is 61.2 cm³/mol. The fraction of sp³-hybridized carbons (Fsp3) is 1.00. The molecule has 1 aliphatic heterocycles. The van der Waals surface area contributed by atoms with E-state index in [4.69, 9.17) is 0 Å². The molecule has 1 aliphatic rings. The summed E-state index contributed by atoms with van der Waals surface area (Å²) in [5, 5.41) is 5.67. The second kappa shape index (κ2) is 6.38. The molecule has 0 spiro atoms. The number of hydrogen-bond donors (Lipinski definition) is 2. The minimum Gasteiger partial charge on any atom is -0.314 e. The van der Waals surface area contributed by atoms with Gasteiger partial charge < -0.3 is 5.32 Å². The van der Waals surface area contributed by atoms with E-state index in [2.05, 4.69) is 31.8 Å². The SMILES string of the molecule is CC(CC1CCCCCN1)NN(C)C. The number of nitrogens with zero attached hydrogens (tertiary/aromatic N) is 1. The predicted octanol–water partition coefficient (Wildman–Crippen LogP) is 1.36. The smallest absolute Gasteiger partial charge is 0.0201 e. The fourth-order valence-electron chi connectivity index (χ4n) is 2.22. The molecule has 0 bridgehead atoms. The fourth-order valence-corrected chi connectivity index (χ4v) is 2.22. The Labute approximate surface area is 88.2 Å². The molecule has 0 amide bonds. The van der Waals surface area contributed by atoms with Crippen molar-refractivity contribution in [2.45, 2.75) is 51.1 Å². The van der Waals surface area contributed by atoms with Crippen molar-refractivity contribution in [3.8, 4) is 0 Å². The van der Waals surface area contributed by atoms with E-state index in [1.807, 2.05) is 5.01 Å². The molecular weight excluding hydrogens is 174 g/mol. The molecule has 0 aliphatic carbocycles. The van der Waals surface area contributed by atoms with Crippen LogP contribution in [0.25, 0.3) is 0 Å². The van der Waals surface area contributed by atoms with Gasteiger partial charge in [0.15, 0.2) is 0 Å². The van der Waals surface area contributed by atoms with Crippen LogP contribution in [0.5, 0.6) is 0 Å². The molecular formula is C11H25N3. The quantitative estimate of drug-likeness (QED) is 0.670. The molecule has 2 unspecified atom stereocenters. The molecule has 1 fully saturated rings. The highest BCUT2D eigenvalue weighted by molar-refractivity contribution is 4.75. The minimum atomic E-state index is 0.570. The molecule has 84 valence electrons. The van der Waals surface area contributed by atoms with E-state index in [1.165, 1.54) is 38.6 Å². The monoisotopic (exact) mass is 199 g/mol. The highest BCUT2D eigenvalue weighted by atomic mass is 15.5. The van der Waals surface area contributed by atoms with Gasteiger partial charge in [0, 0.05) is 26.2 Å². The van der Waals surface area contributed by atoms with Crippen molar-refractivity contribution in [2.75, 3.05) is 20.6 Å². The van der Waals surface area contributed by atoms with Crippen LogP contribution in [-0.4, -0.2) is 37.7 Å². The van der Waals surface area contributed by atoms with Gasteiger partial charge in [0.05, 0.1) is 0 Å². The first-order valence-electron chi connectivity index (χ1n) is 5.85. The van der Waals surface area contributed by atoms with Crippen LogP contribution >= 0.6 is 0 Å². The van der Waals surface area contributed by atoms with Crippen LogP contribution in [0, 0.1) is 0 Å². The van der Waals surface area contributed by atoms with Crippen LogP contribution in [-0.2, 0) is 0 Å². The molecule has 0 radical (unpaired) electrons. The number of hydrogen-bond acceptors (Lipinski definition) is 3. The van der Waals surface area contributed by atoms with Crippen LogP contribution in [0.2, 0.25) is 0 Å². The Kier molecular flexibility index (Phi) is 5.45. The highest BCUT2D eigenvalue weighted by Gasteiger charge is 2.14. The van der Waals surface area contributed by atoms with E-state index in [-0.39, 0.29) is 0 Å². The van der Waals surface area contributed by atoms with E-state index < -0.39 is 0 Å². The summed E-state index contributed by atoms with van der Waals surface area (Å²) in [6.07, 6.45) is 6.73. The summed E-state index contributed by atoms with van der Waals surface area (Å²) in [6.45, 7) is 3.46. The van der Waals surface area contributed by atoms with E-state index in [0.29, 0.717) is 6.04 Å². The van der Waals surface area contributed by atoms with Gasteiger partial charge in [-0.15, -0.1) is 0 Å². The molecule has 0 aromatic heterocycles. The largest absolute Gasteiger partial charge is 0.314 e.